The number of hydrogen-bond acceptors (Lipinski definition) is 9. The summed E-state index contributed by atoms with van der Waals surface area (Å²) in [7, 11) is 0. The molecule has 1 aliphatic rings. The van der Waals surface area contributed by atoms with E-state index in [9.17, 15) is 9.90 Å². The van der Waals surface area contributed by atoms with E-state index >= 15 is 0 Å². The van der Waals surface area contributed by atoms with Gasteiger partial charge in [0.1, 0.15) is 12.1 Å². The molecule has 1 saturated heterocycles. The van der Waals surface area contributed by atoms with Gasteiger partial charge < -0.3 is 24.2 Å². The molecular formula is C15H20N4O6. The SMILES string of the molecule is CC1(C)OCC(CO)(COCC(=O)On2nnc3cccnc32)CO1. The van der Waals surface area contributed by atoms with Crippen molar-refractivity contribution in [2.75, 3.05) is 33.0 Å². The first-order chi connectivity index (χ1) is 11.9. The number of fused-ring (bicyclic) bond motifs is 1. The minimum atomic E-state index is -0.711. The standard InChI is InChI=1S/C15H20N4O6/c1-14(2)23-9-15(7-20,10-24-14)8-22-6-12(21)25-19-13-11(17-18-19)4-3-5-16-13/h3-5,20H,6-10H2,1-2H3. The van der Waals surface area contributed by atoms with E-state index in [1.54, 1.807) is 32.2 Å². The first-order valence-corrected chi connectivity index (χ1v) is 7.77. The Hall–Kier alpha value is -2.14. The van der Waals surface area contributed by atoms with Crippen molar-refractivity contribution >= 4 is 17.1 Å². The maximum atomic E-state index is 11.9. The number of aliphatic hydroxyl groups excluding tert-OH is 1. The van der Waals surface area contributed by atoms with Crippen molar-refractivity contribution in [3.05, 3.63) is 18.3 Å². The number of carbonyl (C=O) groups excluding carboxylic acids is 1. The van der Waals surface area contributed by atoms with Gasteiger partial charge in [0.2, 0.25) is 5.65 Å². The van der Waals surface area contributed by atoms with Crippen LogP contribution in [-0.2, 0) is 19.0 Å². The van der Waals surface area contributed by atoms with E-state index in [4.69, 9.17) is 19.0 Å². The second-order valence-corrected chi connectivity index (χ2v) is 6.40. The van der Waals surface area contributed by atoms with Gasteiger partial charge in [-0.15, -0.1) is 5.10 Å². The van der Waals surface area contributed by atoms with Crippen LogP contribution in [0.3, 0.4) is 0 Å². The number of carbonyl (C=O) groups is 1. The van der Waals surface area contributed by atoms with Gasteiger partial charge in [0.15, 0.2) is 5.79 Å². The van der Waals surface area contributed by atoms with Crippen molar-refractivity contribution in [2.24, 2.45) is 5.41 Å². The lowest BCUT2D eigenvalue weighted by molar-refractivity contribution is -0.296. The fraction of sp³-hybridized carbons (Fsp3) is 0.600. The highest BCUT2D eigenvalue weighted by Crippen LogP contribution is 2.29. The summed E-state index contributed by atoms with van der Waals surface area (Å²) in [4.78, 5) is 21.9. The summed E-state index contributed by atoms with van der Waals surface area (Å²) in [5.41, 5.74) is 0.130. The molecule has 0 aliphatic carbocycles. The van der Waals surface area contributed by atoms with E-state index in [0.29, 0.717) is 11.2 Å². The Morgan fingerprint density at radius 1 is 1.40 bits per heavy atom. The fourth-order valence-corrected chi connectivity index (χ4v) is 2.24. The highest BCUT2D eigenvalue weighted by atomic mass is 16.7. The fourth-order valence-electron chi connectivity index (χ4n) is 2.24. The first-order valence-electron chi connectivity index (χ1n) is 7.77. The number of hydrogen-bond donors (Lipinski definition) is 1. The quantitative estimate of drug-likeness (QED) is 0.690. The lowest BCUT2D eigenvalue weighted by Crippen LogP contribution is -2.51. The van der Waals surface area contributed by atoms with Crippen LogP contribution >= 0.6 is 0 Å². The minimum absolute atomic E-state index is 0.0883. The summed E-state index contributed by atoms with van der Waals surface area (Å²) in [5.74, 6) is -1.36. The van der Waals surface area contributed by atoms with Crippen LogP contribution in [0.1, 0.15) is 13.8 Å². The number of nitrogens with zero attached hydrogens (tertiary/aromatic N) is 4. The Balaban J connectivity index is 1.51. The monoisotopic (exact) mass is 352 g/mol. The molecule has 3 heterocycles. The molecule has 3 rings (SSSR count). The molecular weight excluding hydrogens is 332 g/mol. The Labute approximate surface area is 143 Å². The van der Waals surface area contributed by atoms with Gasteiger partial charge in [0, 0.05) is 6.20 Å². The molecule has 0 atom stereocenters. The van der Waals surface area contributed by atoms with E-state index in [-0.39, 0.29) is 33.0 Å². The summed E-state index contributed by atoms with van der Waals surface area (Å²) in [5, 5.41) is 17.2. The topological polar surface area (TPSA) is 118 Å². The van der Waals surface area contributed by atoms with E-state index in [0.717, 1.165) is 4.85 Å². The maximum Gasteiger partial charge on any atom is 0.360 e. The molecule has 2 aromatic rings. The highest BCUT2D eigenvalue weighted by molar-refractivity contribution is 5.73. The summed E-state index contributed by atoms with van der Waals surface area (Å²) in [6.07, 6.45) is 1.54. The van der Waals surface area contributed by atoms with Gasteiger partial charge in [-0.3, -0.25) is 0 Å². The number of aromatic nitrogens is 4. The Morgan fingerprint density at radius 2 is 2.16 bits per heavy atom. The average Bonchev–Trinajstić information content (AvgIpc) is 3.00. The van der Waals surface area contributed by atoms with Crippen molar-refractivity contribution in [1.29, 1.82) is 0 Å². The van der Waals surface area contributed by atoms with Crippen molar-refractivity contribution < 1.29 is 28.9 Å². The molecule has 2 aromatic heterocycles. The predicted octanol–water partition coefficient (Wildman–Crippen LogP) is -0.440. The van der Waals surface area contributed by atoms with Crippen LogP contribution in [0.5, 0.6) is 0 Å². The molecule has 0 spiro atoms. The molecule has 1 N–H and O–H groups in total. The minimum Gasteiger partial charge on any atom is -0.396 e. The number of ether oxygens (including phenoxy) is 3. The Morgan fingerprint density at radius 3 is 2.88 bits per heavy atom. The first kappa shape index (κ1) is 17.7. The molecule has 25 heavy (non-hydrogen) atoms. The molecule has 0 bridgehead atoms. The van der Waals surface area contributed by atoms with Gasteiger partial charge >= 0.3 is 5.97 Å². The van der Waals surface area contributed by atoms with Crippen LogP contribution < -0.4 is 4.84 Å². The summed E-state index contributed by atoms with van der Waals surface area (Å²) >= 11 is 0. The van der Waals surface area contributed by atoms with E-state index in [1.807, 2.05) is 0 Å². The summed E-state index contributed by atoms with van der Waals surface area (Å²) in [6, 6.07) is 3.40. The zero-order valence-corrected chi connectivity index (χ0v) is 14.0. The summed E-state index contributed by atoms with van der Waals surface area (Å²) in [6.45, 7) is 3.71. The molecule has 10 heteroatoms. The van der Waals surface area contributed by atoms with Crippen LogP contribution in [0.2, 0.25) is 0 Å². The highest BCUT2D eigenvalue weighted by Gasteiger charge is 2.40. The smallest absolute Gasteiger partial charge is 0.360 e. The molecule has 0 saturated carbocycles. The van der Waals surface area contributed by atoms with Crippen molar-refractivity contribution in [2.45, 2.75) is 19.6 Å². The molecule has 1 aliphatic heterocycles. The van der Waals surface area contributed by atoms with Crippen molar-refractivity contribution in [3.63, 3.8) is 0 Å². The third-order valence-corrected chi connectivity index (χ3v) is 3.78. The van der Waals surface area contributed by atoms with Crippen LogP contribution in [0, 0.1) is 5.41 Å². The van der Waals surface area contributed by atoms with Gasteiger partial charge in [-0.1, -0.05) is 0 Å². The second-order valence-electron chi connectivity index (χ2n) is 6.40. The van der Waals surface area contributed by atoms with E-state index in [2.05, 4.69) is 15.3 Å². The van der Waals surface area contributed by atoms with Crippen LogP contribution in [-0.4, -0.2) is 70.0 Å². The number of pyridine rings is 1. The van der Waals surface area contributed by atoms with Gasteiger partial charge in [0.25, 0.3) is 0 Å². The van der Waals surface area contributed by atoms with Gasteiger partial charge in [0.05, 0.1) is 31.8 Å². The van der Waals surface area contributed by atoms with Gasteiger partial charge in [-0.25, -0.2) is 9.78 Å². The molecule has 0 unspecified atom stereocenters. The lowest BCUT2D eigenvalue weighted by atomic mass is 9.91. The van der Waals surface area contributed by atoms with Crippen LogP contribution in [0.4, 0.5) is 0 Å². The Bertz CT molecular complexity index is 736. The molecule has 0 amide bonds. The third kappa shape index (κ3) is 4.10. The normalized spacial score (nSPS) is 19.0. The molecule has 10 nitrogen and oxygen atoms in total. The van der Waals surface area contributed by atoms with Crippen molar-refractivity contribution in [1.82, 2.24) is 20.1 Å². The van der Waals surface area contributed by atoms with E-state index < -0.39 is 17.2 Å². The third-order valence-electron chi connectivity index (χ3n) is 3.78. The zero-order chi connectivity index (χ0) is 17.9. The maximum absolute atomic E-state index is 11.9. The predicted molar refractivity (Wildman–Crippen MR) is 83.2 cm³/mol. The molecule has 1 fully saturated rings. The second kappa shape index (κ2) is 7.00. The molecule has 0 aromatic carbocycles. The summed E-state index contributed by atoms with van der Waals surface area (Å²) < 4.78 is 16.5. The zero-order valence-electron chi connectivity index (χ0n) is 14.0. The van der Waals surface area contributed by atoms with E-state index in [1.165, 1.54) is 0 Å². The largest absolute Gasteiger partial charge is 0.396 e. The lowest BCUT2D eigenvalue weighted by Gasteiger charge is -2.42. The average molecular weight is 352 g/mol. The van der Waals surface area contributed by atoms with Gasteiger partial charge in [-0.2, -0.15) is 0 Å². The number of rotatable bonds is 6. The molecule has 0 radical (unpaired) electrons. The van der Waals surface area contributed by atoms with Crippen LogP contribution in [0.15, 0.2) is 18.3 Å². The Kier molecular flexibility index (Phi) is 4.95. The number of aliphatic hydroxyl groups is 1. The van der Waals surface area contributed by atoms with Crippen molar-refractivity contribution in [3.8, 4) is 0 Å². The van der Waals surface area contributed by atoms with Gasteiger partial charge in [-0.05, 0) is 36.0 Å². The van der Waals surface area contributed by atoms with Crippen LogP contribution in [0.25, 0.3) is 11.2 Å². The molecule has 136 valence electrons.